The summed E-state index contributed by atoms with van der Waals surface area (Å²) in [5.41, 5.74) is -0.456. The number of sulfonamides is 1. The van der Waals surface area contributed by atoms with Crippen LogP contribution in [0, 0.1) is 0 Å². The molecule has 7 heteroatoms. The highest BCUT2D eigenvalue weighted by Crippen LogP contribution is 2.28. The number of carbonyl (C=O) groups is 1. The lowest BCUT2D eigenvalue weighted by atomic mass is 10.1. The Hall–Kier alpha value is -1.40. The second-order valence-electron chi connectivity index (χ2n) is 2.86. The van der Waals surface area contributed by atoms with Crippen molar-refractivity contribution in [3.8, 4) is 0 Å². The normalized spacial score (nSPS) is 17.0. The van der Waals surface area contributed by atoms with Gasteiger partial charge in [-0.05, 0) is 18.2 Å². The molecule has 0 amide bonds. The number of carboxylic acid groups (broad SMARTS) is 1. The van der Waals surface area contributed by atoms with Crippen molar-refractivity contribution in [3.63, 3.8) is 0 Å². The van der Waals surface area contributed by atoms with E-state index in [0.717, 1.165) is 0 Å². The van der Waals surface area contributed by atoms with Crippen LogP contribution in [0.15, 0.2) is 27.5 Å². The third kappa shape index (κ3) is 1.51. The number of hydrogen-bond acceptors (Lipinski definition) is 3. The van der Waals surface area contributed by atoms with E-state index in [1.54, 1.807) is 0 Å². The van der Waals surface area contributed by atoms with Crippen molar-refractivity contribution in [1.82, 2.24) is 0 Å². The minimum atomic E-state index is -3.87. The van der Waals surface area contributed by atoms with E-state index < -0.39 is 21.7 Å². The summed E-state index contributed by atoms with van der Waals surface area (Å²) in [7, 11) is -3.87. The predicted octanol–water partition coefficient (Wildman–Crippen LogP) is 0.916. The first-order chi connectivity index (χ1) is 6.92. The fourth-order valence-electron chi connectivity index (χ4n) is 1.28. The number of carboxylic acids is 1. The van der Waals surface area contributed by atoms with Crippen molar-refractivity contribution in [3.05, 3.63) is 28.8 Å². The molecule has 5 nitrogen and oxygen atoms in total. The first-order valence-corrected chi connectivity index (χ1v) is 5.62. The summed E-state index contributed by atoms with van der Waals surface area (Å²) in [5.74, 6) is -1.39. The van der Waals surface area contributed by atoms with Gasteiger partial charge in [-0.2, -0.15) is 12.8 Å². The lowest BCUT2D eigenvalue weighted by molar-refractivity contribution is -0.129. The van der Waals surface area contributed by atoms with Gasteiger partial charge in [-0.1, -0.05) is 11.6 Å². The molecule has 0 radical (unpaired) electrons. The molecular formula is C8H4ClNO4S. The zero-order valence-electron chi connectivity index (χ0n) is 7.14. The molecule has 1 N–H and O–H groups in total. The number of fused-ring (bicyclic) bond motifs is 1. The van der Waals surface area contributed by atoms with Crippen molar-refractivity contribution in [2.45, 2.75) is 4.90 Å². The van der Waals surface area contributed by atoms with Crippen LogP contribution < -0.4 is 0 Å². The number of hydrogen-bond donors (Lipinski definition) is 1. The quantitative estimate of drug-likeness (QED) is 0.797. The molecule has 0 fully saturated rings. The van der Waals surface area contributed by atoms with E-state index in [2.05, 4.69) is 4.40 Å². The Balaban J connectivity index is 2.80. The highest BCUT2D eigenvalue weighted by atomic mass is 35.5. The number of aliphatic carboxylic acids is 1. The van der Waals surface area contributed by atoms with E-state index in [4.69, 9.17) is 16.7 Å². The van der Waals surface area contributed by atoms with Gasteiger partial charge < -0.3 is 5.11 Å². The number of rotatable bonds is 1. The molecule has 15 heavy (non-hydrogen) atoms. The summed E-state index contributed by atoms with van der Waals surface area (Å²) in [4.78, 5) is 10.6. The van der Waals surface area contributed by atoms with E-state index in [9.17, 15) is 13.2 Å². The molecule has 1 aromatic rings. The molecule has 0 saturated carbocycles. The first-order valence-electron chi connectivity index (χ1n) is 3.80. The molecule has 1 heterocycles. The summed E-state index contributed by atoms with van der Waals surface area (Å²) >= 11 is 5.64. The fourth-order valence-corrected chi connectivity index (χ4v) is 2.65. The van der Waals surface area contributed by atoms with Crippen LogP contribution in [0.5, 0.6) is 0 Å². The minimum absolute atomic E-state index is 0.0370. The Morgan fingerprint density at radius 1 is 1.40 bits per heavy atom. The Morgan fingerprint density at radius 2 is 2.07 bits per heavy atom. The van der Waals surface area contributed by atoms with Crippen LogP contribution in [-0.4, -0.2) is 25.2 Å². The van der Waals surface area contributed by atoms with Crippen LogP contribution in [0.3, 0.4) is 0 Å². The third-order valence-electron chi connectivity index (χ3n) is 1.89. The van der Waals surface area contributed by atoms with Gasteiger partial charge in [-0.25, -0.2) is 4.79 Å². The van der Waals surface area contributed by atoms with Gasteiger partial charge in [0.25, 0.3) is 10.0 Å². The van der Waals surface area contributed by atoms with Crippen LogP contribution >= 0.6 is 11.6 Å². The molecule has 2 rings (SSSR count). The summed E-state index contributed by atoms with van der Waals surface area (Å²) < 4.78 is 25.9. The molecule has 0 unspecified atom stereocenters. The zero-order valence-corrected chi connectivity index (χ0v) is 8.71. The predicted molar refractivity (Wildman–Crippen MR) is 52.8 cm³/mol. The number of halogens is 1. The monoisotopic (exact) mass is 245 g/mol. The Morgan fingerprint density at radius 3 is 2.67 bits per heavy atom. The van der Waals surface area contributed by atoms with Crippen LogP contribution in [0.25, 0.3) is 0 Å². The maximum Gasteiger partial charge on any atom is 0.356 e. The van der Waals surface area contributed by atoms with Gasteiger partial charge in [0.15, 0.2) is 5.71 Å². The van der Waals surface area contributed by atoms with Gasteiger partial charge in [0, 0.05) is 10.6 Å². The van der Waals surface area contributed by atoms with Crippen molar-refractivity contribution < 1.29 is 18.3 Å². The lowest BCUT2D eigenvalue weighted by Gasteiger charge is -1.97. The van der Waals surface area contributed by atoms with Gasteiger partial charge in [-0.3, -0.25) is 0 Å². The topological polar surface area (TPSA) is 83.8 Å². The van der Waals surface area contributed by atoms with Gasteiger partial charge in [0.1, 0.15) is 0 Å². The van der Waals surface area contributed by atoms with Gasteiger partial charge in [0.2, 0.25) is 0 Å². The SMILES string of the molecule is O=C(O)C1=NS(=O)(=O)c2ccc(Cl)cc21. The molecule has 1 aromatic carbocycles. The van der Waals surface area contributed by atoms with E-state index >= 15 is 0 Å². The van der Waals surface area contributed by atoms with Crippen LogP contribution in [-0.2, 0) is 14.8 Å². The molecule has 78 valence electrons. The maximum absolute atomic E-state index is 11.4. The van der Waals surface area contributed by atoms with E-state index in [1.165, 1.54) is 18.2 Å². The van der Waals surface area contributed by atoms with Crippen LogP contribution in [0.4, 0.5) is 0 Å². The fraction of sp³-hybridized carbons (Fsp3) is 0. The summed E-state index contributed by atoms with van der Waals surface area (Å²) in [5, 5.41) is 9.01. The highest BCUT2D eigenvalue weighted by molar-refractivity contribution is 7.90. The number of nitrogens with zero attached hydrogens (tertiary/aromatic N) is 1. The minimum Gasteiger partial charge on any atom is -0.476 e. The largest absolute Gasteiger partial charge is 0.476 e. The van der Waals surface area contributed by atoms with Crippen LogP contribution in [0.1, 0.15) is 5.56 Å². The highest BCUT2D eigenvalue weighted by Gasteiger charge is 2.32. The van der Waals surface area contributed by atoms with Crippen LogP contribution in [0.2, 0.25) is 5.02 Å². The van der Waals surface area contributed by atoms with E-state index in [-0.39, 0.29) is 15.5 Å². The standard InChI is InChI=1S/C8H4ClNO4S/c9-4-1-2-6-5(3-4)7(8(11)12)10-15(6,13)14/h1-3H,(H,11,12). The average Bonchev–Trinajstić information content (AvgIpc) is 2.38. The van der Waals surface area contributed by atoms with Crippen molar-refractivity contribution in [1.29, 1.82) is 0 Å². The van der Waals surface area contributed by atoms with E-state index in [1.807, 2.05) is 0 Å². The smallest absolute Gasteiger partial charge is 0.356 e. The summed E-state index contributed by atoms with van der Waals surface area (Å²) in [6.45, 7) is 0. The van der Waals surface area contributed by atoms with Crippen molar-refractivity contribution >= 4 is 33.3 Å². The molecule has 0 aromatic heterocycles. The number of benzene rings is 1. The molecule has 0 atom stereocenters. The molecule has 0 bridgehead atoms. The van der Waals surface area contributed by atoms with Gasteiger partial charge in [-0.15, -0.1) is 0 Å². The maximum atomic E-state index is 11.4. The Bertz CT molecular complexity index is 591. The Kier molecular flexibility index (Phi) is 2.06. The first kappa shape index (κ1) is 10.1. The van der Waals surface area contributed by atoms with Crippen molar-refractivity contribution in [2.24, 2.45) is 4.40 Å². The third-order valence-corrected chi connectivity index (χ3v) is 3.46. The second-order valence-corrected chi connectivity index (χ2v) is 4.87. The molecular weight excluding hydrogens is 242 g/mol. The average molecular weight is 246 g/mol. The second kappa shape index (κ2) is 3.04. The van der Waals surface area contributed by atoms with Crippen molar-refractivity contribution in [2.75, 3.05) is 0 Å². The van der Waals surface area contributed by atoms with Gasteiger partial charge in [0.05, 0.1) is 4.90 Å². The lowest BCUT2D eigenvalue weighted by Crippen LogP contribution is -2.11. The summed E-state index contributed by atoms with van der Waals surface area (Å²) in [6, 6.07) is 3.89. The molecule has 0 spiro atoms. The molecule has 0 saturated heterocycles. The van der Waals surface area contributed by atoms with E-state index in [0.29, 0.717) is 0 Å². The zero-order chi connectivity index (χ0) is 11.2. The van der Waals surface area contributed by atoms with Gasteiger partial charge >= 0.3 is 5.97 Å². The molecule has 1 aliphatic heterocycles. The molecule has 0 aliphatic carbocycles. The Labute approximate surface area is 90.1 Å². The molecule has 1 aliphatic rings. The summed E-state index contributed by atoms with van der Waals surface area (Å²) in [6.07, 6.45) is 0.